The van der Waals surface area contributed by atoms with Crippen molar-refractivity contribution in [1.29, 1.82) is 0 Å². The smallest absolute Gasteiger partial charge is 0.355 e. The zero-order valence-corrected chi connectivity index (χ0v) is 16.2. The third-order valence-corrected chi connectivity index (χ3v) is 5.70. The summed E-state index contributed by atoms with van der Waals surface area (Å²) in [6, 6.07) is 7.80. The largest absolute Gasteiger partial charge is 0.497 e. The Bertz CT molecular complexity index is 877. The van der Waals surface area contributed by atoms with Gasteiger partial charge in [0.1, 0.15) is 18.1 Å². The highest BCUT2D eigenvalue weighted by molar-refractivity contribution is 6.03. The van der Waals surface area contributed by atoms with Crippen molar-refractivity contribution in [3.05, 3.63) is 52.3 Å². The minimum atomic E-state index is -0.420. The van der Waals surface area contributed by atoms with Crippen LogP contribution in [0.1, 0.15) is 62.8 Å². The van der Waals surface area contributed by atoms with E-state index in [1.54, 1.807) is 7.11 Å². The van der Waals surface area contributed by atoms with Crippen molar-refractivity contribution in [2.45, 2.75) is 44.6 Å². The van der Waals surface area contributed by atoms with Crippen LogP contribution in [0.2, 0.25) is 0 Å². The first kappa shape index (κ1) is 18.7. The molecule has 2 unspecified atom stereocenters. The molecule has 2 atom stereocenters. The van der Waals surface area contributed by atoms with E-state index in [2.05, 4.69) is 4.98 Å². The van der Waals surface area contributed by atoms with Crippen molar-refractivity contribution in [2.75, 3.05) is 20.3 Å². The molecule has 0 amide bonds. The van der Waals surface area contributed by atoms with Gasteiger partial charge in [-0.3, -0.25) is 4.79 Å². The lowest BCUT2D eigenvalue weighted by Crippen LogP contribution is -2.18. The summed E-state index contributed by atoms with van der Waals surface area (Å²) in [6.07, 6.45) is 3.01. The third kappa shape index (κ3) is 3.56. The Labute approximate surface area is 164 Å². The lowest BCUT2D eigenvalue weighted by Gasteiger charge is -2.22. The topological polar surface area (TPSA) is 77.6 Å². The van der Waals surface area contributed by atoms with Crippen molar-refractivity contribution in [3.63, 3.8) is 0 Å². The number of H-pyrrole nitrogens is 1. The summed E-state index contributed by atoms with van der Waals surface area (Å²) in [6.45, 7) is 2.78. The van der Waals surface area contributed by atoms with Gasteiger partial charge in [0.2, 0.25) is 0 Å². The molecule has 0 saturated carbocycles. The first-order chi connectivity index (χ1) is 13.6. The van der Waals surface area contributed by atoms with Crippen molar-refractivity contribution in [1.82, 2.24) is 4.98 Å². The van der Waals surface area contributed by atoms with Crippen LogP contribution < -0.4 is 4.74 Å². The van der Waals surface area contributed by atoms with Gasteiger partial charge in [-0.1, -0.05) is 12.1 Å². The first-order valence-electron chi connectivity index (χ1n) is 9.74. The fourth-order valence-corrected chi connectivity index (χ4v) is 4.17. The van der Waals surface area contributed by atoms with Gasteiger partial charge in [-0.15, -0.1) is 0 Å². The highest BCUT2D eigenvalue weighted by Gasteiger charge is 2.32. The van der Waals surface area contributed by atoms with E-state index in [-0.39, 0.29) is 24.4 Å². The van der Waals surface area contributed by atoms with Crippen molar-refractivity contribution >= 4 is 11.8 Å². The average molecular weight is 383 g/mol. The number of carbonyl (C=O) groups is 2. The Kier molecular flexibility index (Phi) is 5.22. The van der Waals surface area contributed by atoms with Crippen LogP contribution in [-0.2, 0) is 15.9 Å². The summed E-state index contributed by atoms with van der Waals surface area (Å²) < 4.78 is 16.1. The van der Waals surface area contributed by atoms with E-state index >= 15 is 0 Å². The maximum atomic E-state index is 12.8. The summed E-state index contributed by atoms with van der Waals surface area (Å²) in [4.78, 5) is 28.5. The van der Waals surface area contributed by atoms with Crippen LogP contribution in [0.25, 0.3) is 0 Å². The summed E-state index contributed by atoms with van der Waals surface area (Å²) in [5.41, 5.74) is 3.62. The minimum absolute atomic E-state index is 0.0186. The van der Waals surface area contributed by atoms with Gasteiger partial charge < -0.3 is 19.2 Å². The van der Waals surface area contributed by atoms with Crippen LogP contribution in [0.15, 0.2) is 24.3 Å². The van der Waals surface area contributed by atoms with Gasteiger partial charge in [0.25, 0.3) is 0 Å². The fourth-order valence-electron chi connectivity index (χ4n) is 4.17. The van der Waals surface area contributed by atoms with Crippen LogP contribution in [0, 0.1) is 6.92 Å². The molecule has 28 heavy (non-hydrogen) atoms. The molecule has 2 aliphatic rings. The molecule has 148 valence electrons. The van der Waals surface area contributed by atoms with Gasteiger partial charge in [0.15, 0.2) is 5.78 Å². The molecule has 1 aromatic heterocycles. The number of ether oxygens (including phenoxy) is 3. The molecule has 1 fully saturated rings. The van der Waals surface area contributed by atoms with E-state index in [1.165, 1.54) is 0 Å². The highest BCUT2D eigenvalue weighted by atomic mass is 16.6. The summed E-state index contributed by atoms with van der Waals surface area (Å²) in [5, 5.41) is 0. The molecule has 0 bridgehead atoms. The van der Waals surface area contributed by atoms with Gasteiger partial charge in [-0.05, 0) is 55.4 Å². The summed E-state index contributed by atoms with van der Waals surface area (Å²) in [7, 11) is 1.63. The molecular formula is C22H25NO5. The molecule has 6 heteroatoms. The number of methoxy groups -OCH3 is 1. The van der Waals surface area contributed by atoms with Crippen LogP contribution in [0.4, 0.5) is 0 Å². The van der Waals surface area contributed by atoms with Crippen LogP contribution in [-0.4, -0.2) is 43.2 Å². The standard InChI is InChI=1S/C22H25NO5/c1-13-20-18(23-21(13)22(25)28-12-17-4-3-9-27-17)10-15(11-19(20)24)14-5-7-16(26-2)8-6-14/h5-8,15,17,23H,3-4,9-12H2,1-2H3. The Hall–Kier alpha value is -2.60. The van der Waals surface area contributed by atoms with Crippen molar-refractivity contribution in [2.24, 2.45) is 0 Å². The highest BCUT2D eigenvalue weighted by Crippen LogP contribution is 2.35. The lowest BCUT2D eigenvalue weighted by atomic mass is 9.81. The summed E-state index contributed by atoms with van der Waals surface area (Å²) in [5.74, 6) is 0.517. The molecule has 1 aliphatic heterocycles. The fraction of sp³-hybridized carbons (Fsp3) is 0.455. The second kappa shape index (κ2) is 7.80. The molecule has 2 heterocycles. The van der Waals surface area contributed by atoms with E-state index in [9.17, 15) is 9.59 Å². The number of nitrogens with one attached hydrogen (secondary N) is 1. The third-order valence-electron chi connectivity index (χ3n) is 5.70. The SMILES string of the molecule is COc1ccc(C2CC(=O)c3c([nH]c(C(=O)OCC4CCCO4)c3C)C2)cc1. The number of aromatic nitrogens is 1. The van der Waals surface area contributed by atoms with Gasteiger partial charge in [0.05, 0.1) is 13.2 Å². The zero-order chi connectivity index (χ0) is 19.7. The number of Topliss-reactive ketones (excluding diaryl/α,β-unsaturated/α-hetero) is 1. The number of esters is 1. The number of fused-ring (bicyclic) bond motifs is 1. The molecule has 0 radical (unpaired) electrons. The van der Waals surface area contributed by atoms with Gasteiger partial charge >= 0.3 is 5.97 Å². The number of ketones is 1. The lowest BCUT2D eigenvalue weighted by molar-refractivity contribution is 0.0156. The van der Waals surface area contributed by atoms with Gasteiger partial charge in [-0.2, -0.15) is 0 Å². The second-order valence-corrected chi connectivity index (χ2v) is 7.51. The number of hydrogen-bond acceptors (Lipinski definition) is 5. The Morgan fingerprint density at radius 1 is 1.25 bits per heavy atom. The Morgan fingerprint density at radius 2 is 2.04 bits per heavy atom. The molecule has 2 aromatic rings. The maximum absolute atomic E-state index is 12.8. The molecule has 6 nitrogen and oxygen atoms in total. The Balaban J connectivity index is 1.51. The number of benzene rings is 1. The normalized spacial score (nSPS) is 21.4. The van der Waals surface area contributed by atoms with Crippen molar-refractivity contribution in [3.8, 4) is 5.75 Å². The minimum Gasteiger partial charge on any atom is -0.497 e. The molecule has 1 saturated heterocycles. The van der Waals surface area contributed by atoms with E-state index in [0.29, 0.717) is 29.7 Å². The second-order valence-electron chi connectivity index (χ2n) is 7.51. The molecule has 1 aromatic carbocycles. The number of aromatic amines is 1. The molecule has 4 rings (SSSR count). The zero-order valence-electron chi connectivity index (χ0n) is 16.2. The maximum Gasteiger partial charge on any atom is 0.355 e. The van der Waals surface area contributed by atoms with Crippen molar-refractivity contribution < 1.29 is 23.8 Å². The number of hydrogen-bond donors (Lipinski definition) is 1. The molecule has 1 aliphatic carbocycles. The van der Waals surface area contributed by atoms with E-state index < -0.39 is 5.97 Å². The van der Waals surface area contributed by atoms with Gasteiger partial charge in [-0.25, -0.2) is 4.79 Å². The molecule has 0 spiro atoms. The van der Waals surface area contributed by atoms with E-state index in [1.807, 2.05) is 31.2 Å². The quantitative estimate of drug-likeness (QED) is 0.799. The summed E-state index contributed by atoms with van der Waals surface area (Å²) >= 11 is 0. The molecule has 1 N–H and O–H groups in total. The van der Waals surface area contributed by atoms with E-state index in [4.69, 9.17) is 14.2 Å². The predicted octanol–water partition coefficient (Wildman–Crippen LogP) is 3.58. The predicted molar refractivity (Wildman–Crippen MR) is 103 cm³/mol. The monoisotopic (exact) mass is 383 g/mol. The van der Waals surface area contributed by atoms with Crippen LogP contribution in [0.5, 0.6) is 5.75 Å². The van der Waals surface area contributed by atoms with E-state index in [0.717, 1.165) is 36.5 Å². The van der Waals surface area contributed by atoms with Gasteiger partial charge in [0, 0.05) is 24.3 Å². The van der Waals surface area contributed by atoms with Crippen LogP contribution in [0.3, 0.4) is 0 Å². The average Bonchev–Trinajstić information content (AvgIpc) is 3.34. The number of carbonyl (C=O) groups excluding carboxylic acids is 2. The Morgan fingerprint density at radius 3 is 2.71 bits per heavy atom. The first-order valence-corrected chi connectivity index (χ1v) is 9.74. The number of rotatable bonds is 5. The molecular weight excluding hydrogens is 358 g/mol. The van der Waals surface area contributed by atoms with Crippen LogP contribution >= 0.6 is 0 Å².